The van der Waals surface area contributed by atoms with E-state index in [2.05, 4.69) is 11.1 Å². The smallest absolute Gasteiger partial charge is 0.148 e. The predicted octanol–water partition coefficient (Wildman–Crippen LogP) is 3.92. The summed E-state index contributed by atoms with van der Waals surface area (Å²) < 4.78 is 5.85. The minimum atomic E-state index is 0.544. The van der Waals surface area contributed by atoms with Crippen LogP contribution in [0.4, 0.5) is 0 Å². The molecule has 0 radical (unpaired) electrons. The van der Waals surface area contributed by atoms with Crippen molar-refractivity contribution >= 4 is 0 Å². The molecule has 19 heavy (non-hydrogen) atoms. The summed E-state index contributed by atoms with van der Waals surface area (Å²) in [6, 6.07) is 11.6. The number of hydrogen-bond acceptors (Lipinski definition) is 3. The second-order valence-corrected chi connectivity index (χ2v) is 4.46. The molecule has 0 N–H and O–H groups in total. The molecule has 96 valence electrons. The zero-order chi connectivity index (χ0) is 13.8. The molecular weight excluding hydrogens is 236 g/mol. The zero-order valence-electron chi connectivity index (χ0n) is 11.4. The molecule has 0 bridgehead atoms. The van der Waals surface area contributed by atoms with Crippen LogP contribution >= 0.6 is 0 Å². The lowest BCUT2D eigenvalue weighted by molar-refractivity contribution is 0.471. The monoisotopic (exact) mass is 252 g/mol. The van der Waals surface area contributed by atoms with Crippen LogP contribution < -0.4 is 4.74 Å². The van der Waals surface area contributed by atoms with Crippen molar-refractivity contribution in [2.75, 3.05) is 0 Å². The quantitative estimate of drug-likeness (QED) is 0.831. The number of aromatic nitrogens is 1. The van der Waals surface area contributed by atoms with Crippen molar-refractivity contribution < 1.29 is 4.74 Å². The fourth-order valence-corrected chi connectivity index (χ4v) is 1.88. The van der Waals surface area contributed by atoms with Crippen molar-refractivity contribution in [2.45, 2.75) is 27.2 Å². The molecule has 0 spiro atoms. The third-order valence-electron chi connectivity index (χ3n) is 2.88. The highest BCUT2D eigenvalue weighted by molar-refractivity contribution is 5.47. The molecule has 0 saturated carbocycles. The Hall–Kier alpha value is -2.34. The Morgan fingerprint density at radius 2 is 1.89 bits per heavy atom. The zero-order valence-corrected chi connectivity index (χ0v) is 11.4. The molecule has 0 aliphatic carbocycles. The number of ether oxygens (including phenoxy) is 1. The van der Waals surface area contributed by atoms with Crippen LogP contribution in [0.25, 0.3) is 0 Å². The Morgan fingerprint density at radius 3 is 2.58 bits per heavy atom. The standard InChI is InChI=1S/C16H16N2O/c1-4-14-16(8-6-12(3)18-14)19-15-7-5-11(2)9-13(15)10-17/h5-9H,4H2,1-3H3. The highest BCUT2D eigenvalue weighted by Gasteiger charge is 2.09. The lowest BCUT2D eigenvalue weighted by Gasteiger charge is -2.11. The van der Waals surface area contributed by atoms with Gasteiger partial charge in [0.2, 0.25) is 0 Å². The van der Waals surface area contributed by atoms with Crippen LogP contribution in [0.3, 0.4) is 0 Å². The van der Waals surface area contributed by atoms with E-state index in [1.807, 2.05) is 51.1 Å². The van der Waals surface area contributed by atoms with Gasteiger partial charge < -0.3 is 4.74 Å². The molecule has 1 aromatic carbocycles. The van der Waals surface area contributed by atoms with Crippen molar-refractivity contribution in [2.24, 2.45) is 0 Å². The van der Waals surface area contributed by atoms with Gasteiger partial charge in [0.25, 0.3) is 0 Å². The maximum absolute atomic E-state index is 9.15. The van der Waals surface area contributed by atoms with Crippen molar-refractivity contribution in [1.82, 2.24) is 4.98 Å². The molecule has 0 aliphatic heterocycles. The molecule has 0 saturated heterocycles. The maximum atomic E-state index is 9.15. The largest absolute Gasteiger partial charge is 0.454 e. The second-order valence-electron chi connectivity index (χ2n) is 4.46. The maximum Gasteiger partial charge on any atom is 0.148 e. The van der Waals surface area contributed by atoms with Gasteiger partial charge >= 0.3 is 0 Å². The average molecular weight is 252 g/mol. The molecule has 1 heterocycles. The summed E-state index contributed by atoms with van der Waals surface area (Å²) in [4.78, 5) is 4.45. The van der Waals surface area contributed by atoms with Crippen LogP contribution in [0.2, 0.25) is 0 Å². The van der Waals surface area contributed by atoms with E-state index in [1.165, 1.54) is 0 Å². The molecule has 2 aromatic rings. The summed E-state index contributed by atoms with van der Waals surface area (Å²) in [5.74, 6) is 1.29. The van der Waals surface area contributed by atoms with Crippen LogP contribution in [-0.2, 0) is 6.42 Å². The van der Waals surface area contributed by atoms with Gasteiger partial charge in [-0.2, -0.15) is 5.26 Å². The topological polar surface area (TPSA) is 45.9 Å². The summed E-state index contributed by atoms with van der Waals surface area (Å²) in [7, 11) is 0. The Morgan fingerprint density at radius 1 is 1.16 bits per heavy atom. The van der Waals surface area contributed by atoms with E-state index < -0.39 is 0 Å². The first-order chi connectivity index (χ1) is 9.13. The van der Waals surface area contributed by atoms with E-state index in [1.54, 1.807) is 0 Å². The van der Waals surface area contributed by atoms with Gasteiger partial charge in [-0.1, -0.05) is 13.0 Å². The van der Waals surface area contributed by atoms with E-state index in [-0.39, 0.29) is 0 Å². The minimum Gasteiger partial charge on any atom is -0.454 e. The highest BCUT2D eigenvalue weighted by Crippen LogP contribution is 2.28. The Balaban J connectivity index is 2.39. The summed E-state index contributed by atoms with van der Waals surface area (Å²) in [5.41, 5.74) is 3.46. The summed E-state index contributed by atoms with van der Waals surface area (Å²) in [6.45, 7) is 5.94. The SMILES string of the molecule is CCc1nc(C)ccc1Oc1ccc(C)cc1C#N. The number of rotatable bonds is 3. The third-order valence-corrected chi connectivity index (χ3v) is 2.88. The number of nitriles is 1. The van der Waals surface area contributed by atoms with E-state index in [0.717, 1.165) is 23.4 Å². The van der Waals surface area contributed by atoms with Gasteiger partial charge in [0.1, 0.15) is 17.6 Å². The van der Waals surface area contributed by atoms with Crippen molar-refractivity contribution in [3.8, 4) is 17.6 Å². The van der Waals surface area contributed by atoms with Gasteiger partial charge in [0.05, 0.1) is 11.3 Å². The van der Waals surface area contributed by atoms with Gasteiger partial charge in [-0.3, -0.25) is 4.98 Å². The number of hydrogen-bond donors (Lipinski definition) is 0. The molecule has 0 atom stereocenters. The van der Waals surface area contributed by atoms with Crippen molar-refractivity contribution in [1.29, 1.82) is 5.26 Å². The average Bonchev–Trinajstić information content (AvgIpc) is 2.42. The number of pyridine rings is 1. The Labute approximate surface area is 113 Å². The van der Waals surface area contributed by atoms with Gasteiger partial charge in [0.15, 0.2) is 0 Å². The fraction of sp³-hybridized carbons (Fsp3) is 0.250. The van der Waals surface area contributed by atoms with Crippen LogP contribution in [0.1, 0.15) is 29.4 Å². The number of nitrogens with zero attached hydrogens (tertiary/aromatic N) is 2. The lowest BCUT2D eigenvalue weighted by Crippen LogP contribution is -1.97. The Kier molecular flexibility index (Phi) is 3.82. The molecule has 0 unspecified atom stereocenters. The first-order valence-corrected chi connectivity index (χ1v) is 6.29. The van der Waals surface area contributed by atoms with Gasteiger partial charge in [-0.25, -0.2) is 0 Å². The molecular formula is C16H16N2O. The molecule has 2 rings (SSSR count). The van der Waals surface area contributed by atoms with Gasteiger partial charge in [0, 0.05) is 5.69 Å². The molecule has 0 fully saturated rings. The first kappa shape index (κ1) is 13.1. The van der Waals surface area contributed by atoms with Crippen molar-refractivity contribution in [3.05, 3.63) is 52.8 Å². The normalized spacial score (nSPS) is 10.0. The molecule has 0 amide bonds. The summed E-state index contributed by atoms with van der Waals surface area (Å²) >= 11 is 0. The number of aryl methyl sites for hydroxylation is 3. The van der Waals surface area contributed by atoms with E-state index in [9.17, 15) is 0 Å². The summed E-state index contributed by atoms with van der Waals surface area (Å²) in [5, 5.41) is 9.15. The minimum absolute atomic E-state index is 0.544. The number of benzene rings is 1. The van der Waals surface area contributed by atoms with E-state index in [0.29, 0.717) is 17.1 Å². The van der Waals surface area contributed by atoms with E-state index in [4.69, 9.17) is 10.00 Å². The highest BCUT2D eigenvalue weighted by atomic mass is 16.5. The fourth-order valence-electron chi connectivity index (χ4n) is 1.88. The van der Waals surface area contributed by atoms with Crippen LogP contribution in [0.5, 0.6) is 11.5 Å². The van der Waals surface area contributed by atoms with E-state index >= 15 is 0 Å². The van der Waals surface area contributed by atoms with Gasteiger partial charge in [-0.15, -0.1) is 0 Å². The molecule has 3 nitrogen and oxygen atoms in total. The second kappa shape index (κ2) is 5.53. The summed E-state index contributed by atoms with van der Waals surface area (Å²) in [6.07, 6.45) is 0.796. The molecule has 1 aromatic heterocycles. The first-order valence-electron chi connectivity index (χ1n) is 6.29. The van der Waals surface area contributed by atoms with Crippen molar-refractivity contribution in [3.63, 3.8) is 0 Å². The predicted molar refractivity (Wildman–Crippen MR) is 74.3 cm³/mol. The van der Waals surface area contributed by atoms with Crippen LogP contribution in [0, 0.1) is 25.2 Å². The Bertz CT molecular complexity index is 642. The van der Waals surface area contributed by atoms with Gasteiger partial charge in [-0.05, 0) is 50.1 Å². The third kappa shape index (κ3) is 2.92. The molecule has 3 heteroatoms. The molecule has 0 aliphatic rings. The van der Waals surface area contributed by atoms with Crippen LogP contribution in [-0.4, -0.2) is 4.98 Å². The lowest BCUT2D eigenvalue weighted by atomic mass is 10.1. The van der Waals surface area contributed by atoms with Crippen LogP contribution in [0.15, 0.2) is 30.3 Å².